The number of carbonyl (C=O) groups is 2. The fraction of sp³-hybridized carbons (Fsp3) is 0.318. The fourth-order valence-corrected chi connectivity index (χ4v) is 4.77. The van der Waals surface area contributed by atoms with E-state index in [1.54, 1.807) is 27.8 Å². The van der Waals surface area contributed by atoms with Gasteiger partial charge in [-0.15, -0.1) is 23.1 Å². The number of hydrogen-bond acceptors (Lipinski definition) is 6. The van der Waals surface area contributed by atoms with Gasteiger partial charge in [0, 0.05) is 17.9 Å². The van der Waals surface area contributed by atoms with Crippen molar-refractivity contribution < 1.29 is 9.59 Å². The minimum atomic E-state index is -0.528. The molecule has 1 aromatic carbocycles. The highest BCUT2D eigenvalue weighted by atomic mass is 32.2. The average molecular weight is 456 g/mol. The van der Waals surface area contributed by atoms with Crippen molar-refractivity contribution in [1.82, 2.24) is 20.4 Å². The van der Waals surface area contributed by atoms with Crippen LogP contribution in [0.2, 0.25) is 0 Å². The maximum absolute atomic E-state index is 12.6. The van der Waals surface area contributed by atoms with Crippen LogP contribution in [-0.2, 0) is 15.3 Å². The van der Waals surface area contributed by atoms with Gasteiger partial charge in [-0.25, -0.2) is 4.68 Å². The molecule has 31 heavy (non-hydrogen) atoms. The summed E-state index contributed by atoms with van der Waals surface area (Å²) in [6.07, 6.45) is -0.528. The van der Waals surface area contributed by atoms with Gasteiger partial charge in [0.25, 0.3) is 0 Å². The topological polar surface area (TPSA) is 88.1 Å². The number of rotatable bonds is 7. The monoisotopic (exact) mass is 455 g/mol. The van der Waals surface area contributed by atoms with Crippen molar-refractivity contribution in [3.8, 4) is 10.6 Å². The standard InChI is InChI=1S/C22H25N5O2S2/c1-14-15(2)23-22(25-21(14)29)27-19(11-17(26-27)18-9-6-10-31-18)24-20(28)13-30-12-16-7-4-3-5-8-16/h3-11,14-15,22-23H,12-13H2,1-2H3,(H,24,28)(H,25,29). The number of nitrogens with zero attached hydrogens (tertiary/aromatic N) is 2. The van der Waals surface area contributed by atoms with E-state index < -0.39 is 6.29 Å². The summed E-state index contributed by atoms with van der Waals surface area (Å²) in [6, 6.07) is 15.8. The molecule has 3 heterocycles. The van der Waals surface area contributed by atoms with Crippen LogP contribution in [0, 0.1) is 5.92 Å². The Bertz CT molecular complexity index is 1040. The molecule has 4 rings (SSSR count). The van der Waals surface area contributed by atoms with E-state index >= 15 is 0 Å². The van der Waals surface area contributed by atoms with Crippen LogP contribution < -0.4 is 16.0 Å². The number of amides is 2. The summed E-state index contributed by atoms with van der Waals surface area (Å²) in [5.41, 5.74) is 1.94. The average Bonchev–Trinajstić information content (AvgIpc) is 3.42. The van der Waals surface area contributed by atoms with E-state index in [1.165, 1.54) is 5.56 Å². The third-order valence-electron chi connectivity index (χ3n) is 5.23. The molecule has 3 aromatic rings. The van der Waals surface area contributed by atoms with E-state index in [9.17, 15) is 9.59 Å². The Morgan fingerprint density at radius 2 is 2.03 bits per heavy atom. The number of hydrogen-bond donors (Lipinski definition) is 3. The van der Waals surface area contributed by atoms with E-state index in [0.717, 1.165) is 16.3 Å². The number of carbonyl (C=O) groups excluding carboxylic acids is 2. The predicted octanol–water partition coefficient (Wildman–Crippen LogP) is 3.68. The van der Waals surface area contributed by atoms with Gasteiger partial charge < -0.3 is 10.6 Å². The maximum atomic E-state index is 12.6. The molecule has 0 aliphatic carbocycles. The number of anilines is 1. The van der Waals surface area contributed by atoms with Crippen molar-refractivity contribution in [2.24, 2.45) is 5.92 Å². The summed E-state index contributed by atoms with van der Waals surface area (Å²) in [5, 5.41) is 15.9. The van der Waals surface area contributed by atoms with Crippen LogP contribution in [-0.4, -0.2) is 33.4 Å². The minimum Gasteiger partial charge on any atom is -0.322 e. The second-order valence-corrected chi connectivity index (χ2v) is 9.45. The molecular formula is C22H25N5O2S2. The maximum Gasteiger partial charge on any atom is 0.235 e. The summed E-state index contributed by atoms with van der Waals surface area (Å²) in [6.45, 7) is 3.86. The summed E-state index contributed by atoms with van der Waals surface area (Å²) in [4.78, 5) is 26.0. The molecule has 7 nitrogen and oxygen atoms in total. The molecule has 2 amide bonds. The molecule has 2 aromatic heterocycles. The third-order valence-corrected chi connectivity index (χ3v) is 7.13. The van der Waals surface area contributed by atoms with Crippen molar-refractivity contribution in [1.29, 1.82) is 0 Å². The van der Waals surface area contributed by atoms with Crippen molar-refractivity contribution in [3.63, 3.8) is 0 Å². The first-order valence-electron chi connectivity index (χ1n) is 10.1. The van der Waals surface area contributed by atoms with Crippen molar-refractivity contribution in [2.45, 2.75) is 31.9 Å². The quantitative estimate of drug-likeness (QED) is 0.506. The first kappa shape index (κ1) is 21.6. The second kappa shape index (κ2) is 9.67. The largest absolute Gasteiger partial charge is 0.322 e. The summed E-state index contributed by atoms with van der Waals surface area (Å²) < 4.78 is 1.65. The highest BCUT2D eigenvalue weighted by molar-refractivity contribution is 7.99. The molecule has 0 radical (unpaired) electrons. The fourth-order valence-electron chi connectivity index (χ4n) is 3.30. The molecule has 0 saturated carbocycles. The molecule has 1 aliphatic rings. The summed E-state index contributed by atoms with van der Waals surface area (Å²) >= 11 is 3.13. The Labute approximate surface area is 189 Å². The molecule has 3 N–H and O–H groups in total. The Morgan fingerprint density at radius 1 is 1.23 bits per heavy atom. The van der Waals surface area contributed by atoms with Gasteiger partial charge in [0.05, 0.1) is 16.5 Å². The zero-order valence-corrected chi connectivity index (χ0v) is 19.0. The highest BCUT2D eigenvalue weighted by Gasteiger charge is 2.32. The molecular weight excluding hydrogens is 430 g/mol. The van der Waals surface area contributed by atoms with E-state index in [2.05, 4.69) is 21.0 Å². The van der Waals surface area contributed by atoms with Crippen molar-refractivity contribution >= 4 is 40.7 Å². The van der Waals surface area contributed by atoms with Gasteiger partial charge in [-0.05, 0) is 23.9 Å². The molecule has 9 heteroatoms. The Balaban J connectivity index is 1.49. The van der Waals surface area contributed by atoms with Crippen molar-refractivity contribution in [3.05, 3.63) is 59.5 Å². The lowest BCUT2D eigenvalue weighted by molar-refractivity contribution is -0.130. The van der Waals surface area contributed by atoms with Gasteiger partial charge >= 0.3 is 0 Å². The van der Waals surface area contributed by atoms with Gasteiger partial charge in [-0.3, -0.25) is 14.9 Å². The van der Waals surface area contributed by atoms with Crippen LogP contribution in [0.15, 0.2) is 53.9 Å². The van der Waals surface area contributed by atoms with Crippen LogP contribution >= 0.6 is 23.1 Å². The van der Waals surface area contributed by atoms with Crippen LogP contribution in [0.1, 0.15) is 25.7 Å². The van der Waals surface area contributed by atoms with Crippen molar-refractivity contribution in [2.75, 3.05) is 11.1 Å². The van der Waals surface area contributed by atoms with Crippen LogP contribution in [0.5, 0.6) is 0 Å². The number of benzene rings is 1. The molecule has 3 unspecified atom stereocenters. The Morgan fingerprint density at radius 3 is 2.74 bits per heavy atom. The lowest BCUT2D eigenvalue weighted by Crippen LogP contribution is -2.57. The van der Waals surface area contributed by atoms with Gasteiger partial charge in [0.15, 0.2) is 6.29 Å². The lowest BCUT2D eigenvalue weighted by Gasteiger charge is -2.34. The third kappa shape index (κ3) is 5.17. The minimum absolute atomic E-state index is 0.0156. The van der Waals surface area contributed by atoms with E-state index in [-0.39, 0.29) is 23.8 Å². The number of nitrogens with one attached hydrogen (secondary N) is 3. The molecule has 1 saturated heterocycles. The molecule has 3 atom stereocenters. The zero-order valence-electron chi connectivity index (χ0n) is 17.4. The molecule has 0 spiro atoms. The zero-order chi connectivity index (χ0) is 21.8. The second-order valence-electron chi connectivity index (χ2n) is 7.52. The first-order valence-corrected chi connectivity index (χ1v) is 12.2. The molecule has 1 aliphatic heterocycles. The molecule has 0 bridgehead atoms. The van der Waals surface area contributed by atoms with E-state index in [1.807, 2.05) is 67.8 Å². The van der Waals surface area contributed by atoms with Crippen LogP contribution in [0.4, 0.5) is 5.82 Å². The SMILES string of the molecule is CC1NC(n2nc(-c3cccs3)cc2NC(=O)CSCc2ccccc2)NC(=O)C1C. The number of thiophene rings is 1. The van der Waals surface area contributed by atoms with E-state index in [4.69, 9.17) is 0 Å². The molecule has 162 valence electrons. The van der Waals surface area contributed by atoms with Crippen LogP contribution in [0.25, 0.3) is 10.6 Å². The van der Waals surface area contributed by atoms with E-state index in [0.29, 0.717) is 11.6 Å². The lowest BCUT2D eigenvalue weighted by atomic mass is 10.0. The normalized spacial score (nSPS) is 21.0. The highest BCUT2D eigenvalue weighted by Crippen LogP contribution is 2.28. The van der Waals surface area contributed by atoms with Gasteiger partial charge in [0.1, 0.15) is 11.5 Å². The Hall–Kier alpha value is -2.62. The van der Waals surface area contributed by atoms with Gasteiger partial charge in [-0.2, -0.15) is 5.10 Å². The first-order chi connectivity index (χ1) is 15.0. The Kier molecular flexibility index (Phi) is 6.74. The number of aromatic nitrogens is 2. The number of thioether (sulfide) groups is 1. The molecule has 1 fully saturated rings. The van der Waals surface area contributed by atoms with Gasteiger partial charge in [-0.1, -0.05) is 43.3 Å². The summed E-state index contributed by atoms with van der Waals surface area (Å²) in [7, 11) is 0. The summed E-state index contributed by atoms with van der Waals surface area (Å²) in [5.74, 6) is 1.35. The smallest absolute Gasteiger partial charge is 0.235 e. The predicted molar refractivity (Wildman–Crippen MR) is 126 cm³/mol. The van der Waals surface area contributed by atoms with Gasteiger partial charge in [0.2, 0.25) is 11.8 Å². The van der Waals surface area contributed by atoms with Crippen LogP contribution in [0.3, 0.4) is 0 Å².